The summed E-state index contributed by atoms with van der Waals surface area (Å²) in [6.45, 7) is 6.26. The lowest BCUT2D eigenvalue weighted by Gasteiger charge is -2.12. The first-order valence-electron chi connectivity index (χ1n) is 8.63. The van der Waals surface area contributed by atoms with E-state index in [9.17, 15) is 4.79 Å². The monoisotopic (exact) mass is 386 g/mol. The molecule has 142 valence electrons. The molecule has 0 saturated heterocycles. The molecule has 0 saturated carbocycles. The first-order valence-corrected chi connectivity index (χ1v) is 9.51. The second-order valence-electron chi connectivity index (χ2n) is 5.96. The number of rotatable bonds is 7. The Balaban J connectivity index is 1.65. The number of anilines is 1. The van der Waals surface area contributed by atoms with Gasteiger partial charge in [0.25, 0.3) is 0 Å². The number of nitrogens with one attached hydrogen (secondary N) is 1. The van der Waals surface area contributed by atoms with Crippen LogP contribution in [0, 0.1) is 6.92 Å². The van der Waals surface area contributed by atoms with E-state index >= 15 is 0 Å². The summed E-state index contributed by atoms with van der Waals surface area (Å²) in [5.74, 6) is 2.17. The van der Waals surface area contributed by atoms with Gasteiger partial charge in [-0.3, -0.25) is 4.79 Å². The van der Waals surface area contributed by atoms with Crippen LogP contribution in [-0.4, -0.2) is 32.5 Å². The third kappa shape index (κ3) is 4.33. The fraction of sp³-hybridized carbons (Fsp3) is 0.316. The predicted molar refractivity (Wildman–Crippen MR) is 105 cm³/mol. The topological polar surface area (TPSA) is 82.2 Å². The maximum Gasteiger partial charge on any atom is 0.237 e. The number of aryl methyl sites for hydroxylation is 1. The van der Waals surface area contributed by atoms with Crippen LogP contribution in [0.15, 0.2) is 46.2 Å². The van der Waals surface area contributed by atoms with Crippen molar-refractivity contribution >= 4 is 23.4 Å². The molecule has 2 aromatic heterocycles. The number of thioether (sulfide) groups is 1. The van der Waals surface area contributed by atoms with Crippen molar-refractivity contribution in [2.24, 2.45) is 7.05 Å². The minimum atomic E-state index is -0.335. The highest BCUT2D eigenvalue weighted by molar-refractivity contribution is 8.00. The Morgan fingerprint density at radius 2 is 2.04 bits per heavy atom. The van der Waals surface area contributed by atoms with Crippen molar-refractivity contribution in [2.75, 3.05) is 11.9 Å². The highest BCUT2D eigenvalue weighted by atomic mass is 32.2. The summed E-state index contributed by atoms with van der Waals surface area (Å²) < 4.78 is 12.6. The minimum Gasteiger partial charge on any atom is -0.494 e. The molecule has 8 heteroatoms. The minimum absolute atomic E-state index is 0.104. The number of carbonyl (C=O) groups excluding carboxylic acids is 1. The van der Waals surface area contributed by atoms with Crippen LogP contribution in [0.4, 0.5) is 5.69 Å². The molecule has 0 aliphatic rings. The lowest BCUT2D eigenvalue weighted by Crippen LogP contribution is -2.22. The maximum absolute atomic E-state index is 12.5. The molecule has 3 rings (SSSR count). The Kier molecular flexibility index (Phi) is 5.85. The van der Waals surface area contributed by atoms with Gasteiger partial charge in [0.1, 0.15) is 11.5 Å². The molecule has 0 aliphatic heterocycles. The van der Waals surface area contributed by atoms with Crippen LogP contribution in [0.2, 0.25) is 0 Å². The lowest BCUT2D eigenvalue weighted by atomic mass is 10.2. The van der Waals surface area contributed by atoms with E-state index in [-0.39, 0.29) is 11.2 Å². The van der Waals surface area contributed by atoms with Crippen molar-refractivity contribution in [3.8, 4) is 17.1 Å². The van der Waals surface area contributed by atoms with E-state index in [0.717, 1.165) is 22.8 Å². The maximum atomic E-state index is 12.5. The van der Waals surface area contributed by atoms with Crippen LogP contribution in [-0.2, 0) is 11.8 Å². The summed E-state index contributed by atoms with van der Waals surface area (Å²) >= 11 is 1.35. The molecule has 3 aromatic rings. The number of benzene rings is 1. The molecule has 1 atom stereocenters. The van der Waals surface area contributed by atoms with Gasteiger partial charge in [0.2, 0.25) is 5.91 Å². The number of furan rings is 1. The van der Waals surface area contributed by atoms with Gasteiger partial charge in [0.15, 0.2) is 11.0 Å². The van der Waals surface area contributed by atoms with Crippen molar-refractivity contribution in [3.05, 3.63) is 42.4 Å². The molecule has 0 spiro atoms. The van der Waals surface area contributed by atoms with Gasteiger partial charge in [0, 0.05) is 12.7 Å². The average Bonchev–Trinajstić information content (AvgIpc) is 3.22. The van der Waals surface area contributed by atoms with Gasteiger partial charge in [-0.1, -0.05) is 11.8 Å². The predicted octanol–water partition coefficient (Wildman–Crippen LogP) is 3.90. The lowest BCUT2D eigenvalue weighted by molar-refractivity contribution is -0.115. The molecule has 1 amide bonds. The van der Waals surface area contributed by atoms with E-state index in [1.807, 2.05) is 62.7 Å². The van der Waals surface area contributed by atoms with Crippen molar-refractivity contribution in [2.45, 2.75) is 31.2 Å². The zero-order valence-electron chi connectivity index (χ0n) is 15.7. The molecule has 1 aromatic carbocycles. The van der Waals surface area contributed by atoms with E-state index in [0.29, 0.717) is 17.6 Å². The van der Waals surface area contributed by atoms with Gasteiger partial charge >= 0.3 is 0 Å². The molecule has 0 unspecified atom stereocenters. The van der Waals surface area contributed by atoms with Crippen molar-refractivity contribution in [3.63, 3.8) is 0 Å². The molecule has 7 nitrogen and oxygen atoms in total. The van der Waals surface area contributed by atoms with Gasteiger partial charge in [0.05, 0.1) is 23.7 Å². The van der Waals surface area contributed by atoms with Gasteiger partial charge in [-0.15, -0.1) is 10.2 Å². The van der Waals surface area contributed by atoms with Gasteiger partial charge in [-0.05, 0) is 51.1 Å². The number of carbonyl (C=O) groups is 1. The first kappa shape index (κ1) is 19.0. The van der Waals surface area contributed by atoms with Crippen LogP contribution in [0.25, 0.3) is 11.4 Å². The number of hydrogen-bond acceptors (Lipinski definition) is 6. The molecule has 0 fully saturated rings. The summed E-state index contributed by atoms with van der Waals surface area (Å²) in [5, 5.41) is 11.7. The number of aromatic nitrogens is 3. The van der Waals surface area contributed by atoms with E-state index in [4.69, 9.17) is 9.15 Å². The van der Waals surface area contributed by atoms with Crippen LogP contribution in [0.1, 0.15) is 19.6 Å². The van der Waals surface area contributed by atoms with Gasteiger partial charge < -0.3 is 19.0 Å². The highest BCUT2D eigenvalue weighted by Gasteiger charge is 2.20. The van der Waals surface area contributed by atoms with Crippen molar-refractivity contribution in [1.29, 1.82) is 0 Å². The average molecular weight is 386 g/mol. The molecule has 0 aliphatic carbocycles. The normalized spacial score (nSPS) is 12.0. The van der Waals surface area contributed by atoms with Crippen LogP contribution in [0.3, 0.4) is 0 Å². The summed E-state index contributed by atoms with van der Waals surface area (Å²) in [6, 6.07) is 9.17. The Hall–Kier alpha value is -2.74. The number of nitrogens with zero attached hydrogens (tertiary/aromatic N) is 3. The van der Waals surface area contributed by atoms with Crippen molar-refractivity contribution < 1.29 is 13.9 Å². The Labute approximate surface area is 162 Å². The van der Waals surface area contributed by atoms with Crippen LogP contribution < -0.4 is 10.1 Å². The second-order valence-corrected chi connectivity index (χ2v) is 7.27. The number of ether oxygens (including phenoxy) is 1. The third-order valence-electron chi connectivity index (χ3n) is 4.02. The van der Waals surface area contributed by atoms with Crippen molar-refractivity contribution in [1.82, 2.24) is 14.8 Å². The molecule has 1 N–H and O–H groups in total. The molecule has 27 heavy (non-hydrogen) atoms. The molecule has 2 heterocycles. The van der Waals surface area contributed by atoms with Crippen LogP contribution in [0.5, 0.6) is 5.75 Å². The Morgan fingerprint density at radius 1 is 1.30 bits per heavy atom. The first-order chi connectivity index (χ1) is 13.0. The Bertz CT molecular complexity index is 917. The zero-order chi connectivity index (χ0) is 19.4. The molecule has 0 bridgehead atoms. The van der Waals surface area contributed by atoms with E-state index < -0.39 is 0 Å². The highest BCUT2D eigenvalue weighted by Crippen LogP contribution is 2.28. The number of hydrogen-bond donors (Lipinski definition) is 1. The van der Waals surface area contributed by atoms with Gasteiger partial charge in [-0.2, -0.15) is 0 Å². The van der Waals surface area contributed by atoms with E-state index in [2.05, 4.69) is 15.5 Å². The summed E-state index contributed by atoms with van der Waals surface area (Å²) in [5.41, 5.74) is 1.62. The summed E-state index contributed by atoms with van der Waals surface area (Å²) in [4.78, 5) is 12.5. The Morgan fingerprint density at radius 3 is 2.67 bits per heavy atom. The SMILES string of the molecule is CCOc1ccc(NC(=O)[C@H](C)Sc2nnc(-c3ccoc3C)n2C)cc1. The number of amides is 1. The molecule has 0 radical (unpaired) electrons. The largest absolute Gasteiger partial charge is 0.494 e. The summed E-state index contributed by atoms with van der Waals surface area (Å²) in [6.07, 6.45) is 1.62. The fourth-order valence-corrected chi connectivity index (χ4v) is 3.34. The third-order valence-corrected chi connectivity index (χ3v) is 5.15. The van der Waals surface area contributed by atoms with E-state index in [1.54, 1.807) is 6.26 Å². The second kappa shape index (κ2) is 8.30. The van der Waals surface area contributed by atoms with Crippen LogP contribution >= 0.6 is 11.8 Å². The standard InChI is InChI=1S/C19H22N4O3S/c1-5-25-15-8-6-14(7-9-15)20-18(24)13(3)27-19-22-21-17(23(19)4)16-10-11-26-12(16)2/h6-11,13H,5H2,1-4H3,(H,20,24)/t13-/m0/s1. The molecular weight excluding hydrogens is 364 g/mol. The van der Waals surface area contributed by atoms with Gasteiger partial charge in [-0.25, -0.2) is 0 Å². The van der Waals surface area contributed by atoms with E-state index in [1.165, 1.54) is 11.8 Å². The fourth-order valence-electron chi connectivity index (χ4n) is 2.53. The smallest absolute Gasteiger partial charge is 0.237 e. The summed E-state index contributed by atoms with van der Waals surface area (Å²) in [7, 11) is 1.88. The quantitative estimate of drug-likeness (QED) is 0.620. The molecular formula is C19H22N4O3S. The zero-order valence-corrected chi connectivity index (χ0v) is 16.5.